The third-order valence-corrected chi connectivity index (χ3v) is 4.21. The molecule has 2 rings (SSSR count). The van der Waals surface area contributed by atoms with Crippen molar-refractivity contribution in [3.05, 3.63) is 51.7 Å². The van der Waals surface area contributed by atoms with Crippen LogP contribution >= 0.6 is 11.3 Å². The van der Waals surface area contributed by atoms with Crippen molar-refractivity contribution in [2.24, 2.45) is 0 Å². The van der Waals surface area contributed by atoms with Crippen LogP contribution in [0.1, 0.15) is 44.7 Å². The molecule has 0 unspecified atom stereocenters. The Balaban J connectivity index is 1.85. The molecule has 5 heteroatoms. The van der Waals surface area contributed by atoms with Crippen LogP contribution < -0.4 is 5.32 Å². The van der Waals surface area contributed by atoms with E-state index in [4.69, 9.17) is 0 Å². The van der Waals surface area contributed by atoms with E-state index in [0.717, 1.165) is 4.88 Å². The molecule has 114 valence electrons. The number of thiophene rings is 1. The van der Waals surface area contributed by atoms with Gasteiger partial charge in [-0.2, -0.15) is 0 Å². The zero-order chi connectivity index (χ0) is 16.1. The number of carbonyl (C=O) groups is 3. The summed E-state index contributed by atoms with van der Waals surface area (Å²) in [6.45, 7) is 3.43. The minimum absolute atomic E-state index is 0.0137. The van der Waals surface area contributed by atoms with Crippen LogP contribution in [0.15, 0.2) is 36.4 Å². The second kappa shape index (κ2) is 7.13. The smallest absolute Gasteiger partial charge is 0.224 e. The molecule has 0 radical (unpaired) electrons. The van der Waals surface area contributed by atoms with Crippen molar-refractivity contribution in [3.63, 3.8) is 0 Å². The van der Waals surface area contributed by atoms with Crippen molar-refractivity contribution in [1.29, 1.82) is 0 Å². The van der Waals surface area contributed by atoms with Crippen LogP contribution in [0, 0.1) is 6.92 Å². The predicted molar refractivity (Wildman–Crippen MR) is 87.7 cm³/mol. The molecule has 0 aliphatic heterocycles. The number of carbonyl (C=O) groups excluding carboxylic acids is 3. The maximum atomic E-state index is 11.9. The lowest BCUT2D eigenvalue weighted by atomic mass is 10.1. The van der Waals surface area contributed by atoms with E-state index in [1.165, 1.54) is 18.3 Å². The van der Waals surface area contributed by atoms with Crippen LogP contribution in [0.4, 0.5) is 5.69 Å². The third-order valence-electron chi connectivity index (χ3n) is 3.17. The molecule has 0 saturated heterocycles. The van der Waals surface area contributed by atoms with Gasteiger partial charge in [0.25, 0.3) is 0 Å². The second-order valence-electron chi connectivity index (χ2n) is 5.02. The van der Waals surface area contributed by atoms with E-state index in [1.54, 1.807) is 30.3 Å². The van der Waals surface area contributed by atoms with Gasteiger partial charge in [0.2, 0.25) is 5.91 Å². The average Bonchev–Trinajstić information content (AvgIpc) is 2.92. The average molecular weight is 315 g/mol. The Labute approximate surface area is 133 Å². The number of Topliss-reactive ketones (excluding diaryl/α,β-unsaturated/α-hetero) is 2. The van der Waals surface area contributed by atoms with E-state index >= 15 is 0 Å². The van der Waals surface area contributed by atoms with Crippen LogP contribution in [0.25, 0.3) is 0 Å². The lowest BCUT2D eigenvalue weighted by Gasteiger charge is -2.05. The molecule has 1 aromatic carbocycles. The molecule has 1 heterocycles. The summed E-state index contributed by atoms with van der Waals surface area (Å²) in [4.78, 5) is 36.7. The van der Waals surface area contributed by atoms with Crippen molar-refractivity contribution in [2.45, 2.75) is 26.7 Å². The Morgan fingerprint density at radius 2 is 1.68 bits per heavy atom. The van der Waals surface area contributed by atoms with Crippen LogP contribution in [0.3, 0.4) is 0 Å². The van der Waals surface area contributed by atoms with E-state index in [0.29, 0.717) is 16.1 Å². The molecule has 0 fully saturated rings. The first kappa shape index (κ1) is 16.1. The molecule has 1 N–H and O–H groups in total. The monoisotopic (exact) mass is 315 g/mol. The first-order valence-electron chi connectivity index (χ1n) is 6.96. The van der Waals surface area contributed by atoms with Crippen LogP contribution in [-0.4, -0.2) is 17.5 Å². The zero-order valence-corrected chi connectivity index (χ0v) is 13.3. The van der Waals surface area contributed by atoms with Gasteiger partial charge in [0.15, 0.2) is 11.6 Å². The molecule has 22 heavy (non-hydrogen) atoms. The van der Waals surface area contributed by atoms with Crippen molar-refractivity contribution in [3.8, 4) is 0 Å². The molecule has 0 aliphatic rings. The maximum Gasteiger partial charge on any atom is 0.224 e. The standard InChI is InChI=1S/C17H17NO3S/c1-11-3-9-16(22-11)15(20)8-10-17(21)18-14-6-4-13(5-7-14)12(2)19/h3-7,9H,8,10H2,1-2H3,(H,18,21). The van der Waals surface area contributed by atoms with Gasteiger partial charge in [-0.3, -0.25) is 14.4 Å². The molecule has 0 spiro atoms. The number of aryl methyl sites for hydroxylation is 1. The summed E-state index contributed by atoms with van der Waals surface area (Å²) in [5, 5.41) is 2.72. The van der Waals surface area contributed by atoms with Gasteiger partial charge in [-0.15, -0.1) is 11.3 Å². The van der Waals surface area contributed by atoms with Crippen LogP contribution in [-0.2, 0) is 4.79 Å². The van der Waals surface area contributed by atoms with Gasteiger partial charge in [-0.05, 0) is 50.2 Å². The van der Waals surface area contributed by atoms with Gasteiger partial charge in [0.1, 0.15) is 0 Å². The molecule has 4 nitrogen and oxygen atoms in total. The number of hydrogen-bond donors (Lipinski definition) is 1. The van der Waals surface area contributed by atoms with Gasteiger partial charge in [0, 0.05) is 29.0 Å². The first-order valence-corrected chi connectivity index (χ1v) is 7.78. The number of amides is 1. The van der Waals surface area contributed by atoms with Crippen LogP contribution in [0.2, 0.25) is 0 Å². The number of benzene rings is 1. The molecule has 0 aliphatic carbocycles. The Morgan fingerprint density at radius 1 is 1.00 bits per heavy atom. The highest BCUT2D eigenvalue weighted by atomic mass is 32.1. The Morgan fingerprint density at radius 3 is 2.23 bits per heavy atom. The fourth-order valence-electron chi connectivity index (χ4n) is 1.95. The summed E-state index contributed by atoms with van der Waals surface area (Å²) < 4.78 is 0. The van der Waals surface area contributed by atoms with Gasteiger partial charge in [-0.25, -0.2) is 0 Å². The van der Waals surface area contributed by atoms with Gasteiger partial charge >= 0.3 is 0 Å². The predicted octanol–water partition coefficient (Wildman–Crippen LogP) is 3.86. The summed E-state index contributed by atoms with van der Waals surface area (Å²) in [6, 6.07) is 10.4. The van der Waals surface area contributed by atoms with Crippen molar-refractivity contribution >= 4 is 34.5 Å². The zero-order valence-electron chi connectivity index (χ0n) is 12.5. The molecular weight excluding hydrogens is 298 g/mol. The molecule has 0 atom stereocenters. The number of nitrogens with one attached hydrogen (secondary N) is 1. The minimum Gasteiger partial charge on any atom is -0.326 e. The van der Waals surface area contributed by atoms with E-state index in [1.807, 2.05) is 13.0 Å². The Hall–Kier alpha value is -2.27. The SMILES string of the molecule is CC(=O)c1ccc(NC(=O)CCC(=O)c2ccc(C)s2)cc1. The summed E-state index contributed by atoms with van der Waals surface area (Å²) in [5.41, 5.74) is 1.22. The molecule has 0 bridgehead atoms. The lowest BCUT2D eigenvalue weighted by Crippen LogP contribution is -2.13. The number of anilines is 1. The first-order chi connectivity index (χ1) is 10.5. The third kappa shape index (κ3) is 4.36. The van der Waals surface area contributed by atoms with Gasteiger partial charge in [0.05, 0.1) is 4.88 Å². The second-order valence-corrected chi connectivity index (χ2v) is 6.30. The largest absolute Gasteiger partial charge is 0.326 e. The maximum absolute atomic E-state index is 11.9. The fraction of sp³-hybridized carbons (Fsp3) is 0.235. The number of hydrogen-bond acceptors (Lipinski definition) is 4. The molecule has 2 aromatic rings. The molecular formula is C17H17NO3S. The van der Waals surface area contributed by atoms with Gasteiger partial charge < -0.3 is 5.32 Å². The number of ketones is 2. The van der Waals surface area contributed by atoms with Crippen LogP contribution in [0.5, 0.6) is 0 Å². The van der Waals surface area contributed by atoms with E-state index < -0.39 is 0 Å². The lowest BCUT2D eigenvalue weighted by molar-refractivity contribution is -0.116. The Kier molecular flexibility index (Phi) is 5.22. The van der Waals surface area contributed by atoms with E-state index in [9.17, 15) is 14.4 Å². The molecule has 0 saturated carbocycles. The highest BCUT2D eigenvalue weighted by Gasteiger charge is 2.11. The van der Waals surface area contributed by atoms with E-state index in [-0.39, 0.29) is 30.3 Å². The summed E-state index contributed by atoms with van der Waals surface area (Å²) >= 11 is 1.44. The highest BCUT2D eigenvalue weighted by molar-refractivity contribution is 7.14. The van der Waals surface area contributed by atoms with E-state index in [2.05, 4.69) is 5.32 Å². The minimum atomic E-state index is -0.211. The van der Waals surface area contributed by atoms with Crippen molar-refractivity contribution in [1.82, 2.24) is 0 Å². The summed E-state index contributed by atoms with van der Waals surface area (Å²) in [6.07, 6.45) is 0.335. The highest BCUT2D eigenvalue weighted by Crippen LogP contribution is 2.18. The van der Waals surface area contributed by atoms with Crippen molar-refractivity contribution < 1.29 is 14.4 Å². The summed E-state index contributed by atoms with van der Waals surface area (Å²) in [5.74, 6) is -0.243. The molecule has 1 aromatic heterocycles. The van der Waals surface area contributed by atoms with Gasteiger partial charge in [-0.1, -0.05) is 0 Å². The summed E-state index contributed by atoms with van der Waals surface area (Å²) in [7, 11) is 0. The quantitative estimate of drug-likeness (QED) is 0.823. The number of rotatable bonds is 6. The molecule has 1 amide bonds. The normalized spacial score (nSPS) is 10.3. The topological polar surface area (TPSA) is 63.2 Å². The Bertz CT molecular complexity index is 701. The van der Waals surface area contributed by atoms with Crippen molar-refractivity contribution in [2.75, 3.05) is 5.32 Å². The fourth-order valence-corrected chi connectivity index (χ4v) is 2.78.